The molecule has 3 heterocycles. The summed E-state index contributed by atoms with van der Waals surface area (Å²) in [5.74, 6) is -2.66. The minimum absolute atomic E-state index is 0.0661. The standard InChI is InChI=1S/C19H23N5O9/c1-9(25)29-5-13-15(31-11(3)27)16(32-12(4)28)19(33-13,6-30-10(2)26)24-8-23-14-17(20)21-7-22-18(14)24/h7-8,13,15-16H,5-6H2,1-4H3,(H2,20,21,22)/t13-,15-,16+,19+/m1/s1. The van der Waals surface area contributed by atoms with Gasteiger partial charge in [0.25, 0.3) is 0 Å². The molecule has 0 unspecified atom stereocenters. The number of hydrogen-bond acceptors (Lipinski definition) is 13. The first-order valence-corrected chi connectivity index (χ1v) is 9.78. The summed E-state index contributed by atoms with van der Waals surface area (Å²) in [7, 11) is 0. The number of nitrogens with two attached hydrogens (primary N) is 1. The average molecular weight is 465 g/mol. The van der Waals surface area contributed by atoms with Crippen LogP contribution in [0.5, 0.6) is 0 Å². The topological polar surface area (TPSA) is 184 Å². The summed E-state index contributed by atoms with van der Waals surface area (Å²) in [6.07, 6.45) is -1.22. The van der Waals surface area contributed by atoms with Crippen LogP contribution in [0.4, 0.5) is 5.82 Å². The molecule has 0 spiro atoms. The van der Waals surface area contributed by atoms with Gasteiger partial charge in [0, 0.05) is 27.7 Å². The van der Waals surface area contributed by atoms with Crippen LogP contribution in [0, 0.1) is 0 Å². The lowest BCUT2D eigenvalue weighted by Crippen LogP contribution is -2.52. The van der Waals surface area contributed by atoms with Crippen LogP contribution in [0.2, 0.25) is 0 Å². The van der Waals surface area contributed by atoms with Crippen molar-refractivity contribution in [2.75, 3.05) is 18.9 Å². The van der Waals surface area contributed by atoms with E-state index in [1.807, 2.05) is 0 Å². The van der Waals surface area contributed by atoms with Crippen molar-refractivity contribution in [2.45, 2.75) is 51.7 Å². The van der Waals surface area contributed by atoms with Crippen molar-refractivity contribution >= 4 is 40.9 Å². The molecule has 0 saturated carbocycles. The van der Waals surface area contributed by atoms with Gasteiger partial charge in [0.1, 0.15) is 31.2 Å². The molecule has 3 rings (SSSR count). The number of imidazole rings is 1. The van der Waals surface area contributed by atoms with Gasteiger partial charge >= 0.3 is 23.9 Å². The monoisotopic (exact) mass is 465 g/mol. The van der Waals surface area contributed by atoms with Crippen LogP contribution in [0.25, 0.3) is 11.2 Å². The number of ether oxygens (including phenoxy) is 5. The molecule has 14 nitrogen and oxygen atoms in total. The van der Waals surface area contributed by atoms with Crippen molar-refractivity contribution in [1.29, 1.82) is 0 Å². The maximum absolute atomic E-state index is 12.0. The number of aromatic nitrogens is 4. The number of carbonyl (C=O) groups is 4. The fourth-order valence-corrected chi connectivity index (χ4v) is 3.56. The molecule has 2 aromatic heterocycles. The maximum atomic E-state index is 12.0. The van der Waals surface area contributed by atoms with Gasteiger partial charge in [-0.1, -0.05) is 0 Å². The third-order valence-corrected chi connectivity index (χ3v) is 4.76. The summed E-state index contributed by atoms with van der Waals surface area (Å²) in [5, 5.41) is 0. The summed E-state index contributed by atoms with van der Waals surface area (Å²) in [5.41, 5.74) is 4.45. The van der Waals surface area contributed by atoms with E-state index in [-0.39, 0.29) is 23.6 Å². The van der Waals surface area contributed by atoms with E-state index in [0.717, 1.165) is 13.8 Å². The summed E-state index contributed by atoms with van der Waals surface area (Å²) in [4.78, 5) is 59.3. The first-order valence-electron chi connectivity index (χ1n) is 9.78. The third kappa shape index (κ3) is 4.84. The number of esters is 4. The van der Waals surface area contributed by atoms with Crippen molar-refractivity contribution in [3.63, 3.8) is 0 Å². The molecule has 0 radical (unpaired) electrons. The van der Waals surface area contributed by atoms with E-state index in [0.29, 0.717) is 0 Å². The fourth-order valence-electron chi connectivity index (χ4n) is 3.56. The first-order chi connectivity index (χ1) is 15.5. The molecule has 1 fully saturated rings. The van der Waals surface area contributed by atoms with E-state index in [9.17, 15) is 19.2 Å². The molecule has 4 atom stereocenters. The highest BCUT2D eigenvalue weighted by Gasteiger charge is 2.62. The van der Waals surface area contributed by atoms with Crippen molar-refractivity contribution in [3.05, 3.63) is 12.7 Å². The largest absolute Gasteiger partial charge is 0.463 e. The zero-order chi connectivity index (χ0) is 24.3. The maximum Gasteiger partial charge on any atom is 0.303 e. The van der Waals surface area contributed by atoms with Gasteiger partial charge in [-0.15, -0.1) is 0 Å². The number of anilines is 1. The second kappa shape index (κ2) is 9.36. The zero-order valence-corrected chi connectivity index (χ0v) is 18.3. The van der Waals surface area contributed by atoms with Gasteiger partial charge in [-0.3, -0.25) is 23.7 Å². The summed E-state index contributed by atoms with van der Waals surface area (Å²) in [6.45, 7) is 3.82. The second-order valence-corrected chi connectivity index (χ2v) is 7.23. The summed E-state index contributed by atoms with van der Waals surface area (Å²) >= 11 is 0. The zero-order valence-electron chi connectivity index (χ0n) is 18.3. The summed E-state index contributed by atoms with van der Waals surface area (Å²) < 4.78 is 28.8. The predicted molar refractivity (Wildman–Crippen MR) is 107 cm³/mol. The van der Waals surface area contributed by atoms with E-state index in [4.69, 9.17) is 29.4 Å². The van der Waals surface area contributed by atoms with Gasteiger partial charge < -0.3 is 29.4 Å². The lowest BCUT2D eigenvalue weighted by atomic mass is 10.0. The molecule has 2 aromatic rings. The normalized spacial score (nSPS) is 24.3. The van der Waals surface area contributed by atoms with E-state index in [2.05, 4.69) is 15.0 Å². The van der Waals surface area contributed by atoms with Gasteiger partial charge in [0.05, 0.1) is 6.33 Å². The number of rotatable bonds is 7. The molecule has 1 aliphatic rings. The predicted octanol–water partition coefficient (Wildman–Crippen LogP) is -0.550. The SMILES string of the molecule is CC(=O)OC[C@H]1O[C@](COC(C)=O)(n2cnc3c(N)ncnc32)[C@@H](OC(C)=O)[C@@H]1OC(C)=O. The highest BCUT2D eigenvalue weighted by atomic mass is 16.7. The molecule has 1 aliphatic heterocycles. The highest BCUT2D eigenvalue weighted by Crippen LogP contribution is 2.41. The van der Waals surface area contributed by atoms with Gasteiger partial charge in [0.2, 0.25) is 5.72 Å². The Bertz CT molecular complexity index is 1090. The van der Waals surface area contributed by atoms with Gasteiger partial charge in [-0.25, -0.2) is 15.0 Å². The van der Waals surface area contributed by atoms with Crippen molar-refractivity contribution in [3.8, 4) is 0 Å². The van der Waals surface area contributed by atoms with Gasteiger partial charge in [0.15, 0.2) is 23.7 Å². The Morgan fingerprint density at radius 2 is 1.67 bits per heavy atom. The van der Waals surface area contributed by atoms with Gasteiger partial charge in [-0.2, -0.15) is 0 Å². The molecule has 2 N–H and O–H groups in total. The molecule has 0 aromatic carbocycles. The van der Waals surface area contributed by atoms with E-state index >= 15 is 0 Å². The Morgan fingerprint density at radius 1 is 1.00 bits per heavy atom. The molecule has 1 saturated heterocycles. The van der Waals surface area contributed by atoms with Crippen molar-refractivity contribution in [2.24, 2.45) is 0 Å². The van der Waals surface area contributed by atoms with Crippen LogP contribution in [0.3, 0.4) is 0 Å². The van der Waals surface area contributed by atoms with Crippen LogP contribution in [0.1, 0.15) is 27.7 Å². The number of carbonyl (C=O) groups excluding carboxylic acids is 4. The molecule has 178 valence electrons. The molecule has 33 heavy (non-hydrogen) atoms. The molecule has 0 aliphatic carbocycles. The fraction of sp³-hybridized carbons (Fsp3) is 0.526. The van der Waals surface area contributed by atoms with Gasteiger partial charge in [-0.05, 0) is 0 Å². The van der Waals surface area contributed by atoms with Crippen LogP contribution < -0.4 is 5.73 Å². The van der Waals surface area contributed by atoms with Crippen LogP contribution >= 0.6 is 0 Å². The van der Waals surface area contributed by atoms with Crippen LogP contribution in [-0.4, -0.2) is 74.9 Å². The number of hydrogen-bond donors (Lipinski definition) is 1. The van der Waals surface area contributed by atoms with Crippen molar-refractivity contribution < 1.29 is 42.9 Å². The van der Waals surface area contributed by atoms with E-state index in [1.54, 1.807) is 0 Å². The molecular formula is C19H23N5O9. The Morgan fingerprint density at radius 3 is 2.27 bits per heavy atom. The van der Waals surface area contributed by atoms with E-state index < -0.39 is 54.5 Å². The number of fused-ring (bicyclic) bond motifs is 1. The number of nitrogens with zero attached hydrogens (tertiary/aromatic N) is 4. The van der Waals surface area contributed by atoms with E-state index in [1.165, 1.54) is 31.1 Å². The molecule has 0 amide bonds. The molecular weight excluding hydrogens is 442 g/mol. The van der Waals surface area contributed by atoms with Crippen LogP contribution in [-0.2, 0) is 48.6 Å². The second-order valence-electron chi connectivity index (χ2n) is 7.23. The Kier molecular flexibility index (Phi) is 6.76. The molecule has 0 bridgehead atoms. The minimum Gasteiger partial charge on any atom is -0.463 e. The third-order valence-electron chi connectivity index (χ3n) is 4.76. The lowest BCUT2D eigenvalue weighted by molar-refractivity contribution is -0.200. The lowest BCUT2D eigenvalue weighted by Gasteiger charge is -2.34. The first kappa shape index (κ1) is 23.8. The Hall–Kier alpha value is -3.81. The van der Waals surface area contributed by atoms with Crippen LogP contribution in [0.15, 0.2) is 12.7 Å². The smallest absolute Gasteiger partial charge is 0.303 e. The average Bonchev–Trinajstić information content (AvgIpc) is 3.26. The Labute approximate surface area is 187 Å². The molecule has 14 heteroatoms. The number of nitrogen functional groups attached to an aromatic ring is 1. The minimum atomic E-state index is -1.81. The Balaban J connectivity index is 2.21. The summed E-state index contributed by atoms with van der Waals surface area (Å²) in [6, 6.07) is 0. The van der Waals surface area contributed by atoms with Crippen molar-refractivity contribution in [1.82, 2.24) is 19.5 Å². The quantitative estimate of drug-likeness (QED) is 0.406. The highest BCUT2D eigenvalue weighted by molar-refractivity contribution is 5.81.